The molecule has 1 aromatic carbocycles. The van der Waals surface area contributed by atoms with Gasteiger partial charge in [-0.2, -0.15) is 23.3 Å². The molecule has 3 aromatic heterocycles. The quantitative estimate of drug-likeness (QED) is 0.241. The van der Waals surface area contributed by atoms with Crippen LogP contribution in [0.1, 0.15) is 16.1 Å². The first kappa shape index (κ1) is 25.8. The summed E-state index contributed by atoms with van der Waals surface area (Å²) in [7, 11) is 0. The minimum Gasteiger partial charge on any atom is -0.478 e. The van der Waals surface area contributed by atoms with Crippen molar-refractivity contribution in [2.75, 3.05) is 23.8 Å². The van der Waals surface area contributed by atoms with Crippen LogP contribution in [0.5, 0.6) is 0 Å². The lowest BCUT2D eigenvalue weighted by Gasteiger charge is -2.14. The van der Waals surface area contributed by atoms with Gasteiger partial charge in [-0.3, -0.25) is 0 Å². The number of alkyl halides is 3. The van der Waals surface area contributed by atoms with E-state index < -0.39 is 23.7 Å². The van der Waals surface area contributed by atoms with Gasteiger partial charge >= 0.3 is 12.1 Å². The predicted molar refractivity (Wildman–Crippen MR) is 125 cm³/mol. The van der Waals surface area contributed by atoms with E-state index in [-0.39, 0.29) is 52.4 Å². The van der Waals surface area contributed by atoms with Crippen LogP contribution in [0, 0.1) is 5.82 Å². The molecule has 3 heterocycles. The van der Waals surface area contributed by atoms with Gasteiger partial charge in [0, 0.05) is 41.9 Å². The van der Waals surface area contributed by atoms with Gasteiger partial charge in [-0.15, -0.1) is 0 Å². The maximum absolute atomic E-state index is 13.5. The van der Waals surface area contributed by atoms with Gasteiger partial charge in [0.2, 0.25) is 5.95 Å². The summed E-state index contributed by atoms with van der Waals surface area (Å²) in [4.78, 5) is 24.3. The molecule has 192 valence electrons. The third-order valence-corrected chi connectivity index (χ3v) is 5.16. The van der Waals surface area contributed by atoms with Crippen molar-refractivity contribution in [3.05, 3.63) is 71.0 Å². The topological polar surface area (TPSA) is 138 Å². The molecule has 0 bridgehead atoms. The van der Waals surface area contributed by atoms with Gasteiger partial charge in [0.15, 0.2) is 11.5 Å². The summed E-state index contributed by atoms with van der Waals surface area (Å²) in [6.45, 7) is -0.225. The van der Waals surface area contributed by atoms with Crippen LogP contribution < -0.4 is 10.6 Å². The van der Waals surface area contributed by atoms with Crippen molar-refractivity contribution in [1.29, 1.82) is 0 Å². The van der Waals surface area contributed by atoms with E-state index in [1.807, 2.05) is 0 Å². The first-order valence-corrected chi connectivity index (χ1v) is 10.8. The summed E-state index contributed by atoms with van der Waals surface area (Å²) in [5, 5.41) is 27.4. The highest BCUT2D eigenvalue weighted by Gasteiger charge is 2.34. The fourth-order valence-corrected chi connectivity index (χ4v) is 3.38. The number of hydrogen-bond acceptors (Lipinski definition) is 8. The summed E-state index contributed by atoms with van der Waals surface area (Å²) in [5.74, 6) is -2.22. The lowest BCUT2D eigenvalue weighted by Crippen LogP contribution is -2.12. The third kappa shape index (κ3) is 5.76. The Bertz CT molecular complexity index is 1460. The second-order valence-corrected chi connectivity index (χ2v) is 7.81. The van der Waals surface area contributed by atoms with Crippen LogP contribution in [-0.2, 0) is 6.18 Å². The van der Waals surface area contributed by atoms with E-state index in [0.29, 0.717) is 5.69 Å². The molecule has 0 aliphatic rings. The number of aromatic nitrogens is 5. The van der Waals surface area contributed by atoms with Crippen molar-refractivity contribution in [2.45, 2.75) is 6.18 Å². The number of pyridine rings is 1. The highest BCUT2D eigenvalue weighted by atomic mass is 35.5. The summed E-state index contributed by atoms with van der Waals surface area (Å²) in [6.07, 6.45) is -1.16. The van der Waals surface area contributed by atoms with Crippen LogP contribution in [0.3, 0.4) is 0 Å². The molecule has 4 N–H and O–H groups in total. The maximum Gasteiger partial charge on any atom is 0.435 e. The largest absolute Gasteiger partial charge is 0.478 e. The third-order valence-electron chi connectivity index (χ3n) is 4.87. The Hall–Kier alpha value is -4.30. The van der Waals surface area contributed by atoms with E-state index in [0.717, 1.165) is 23.0 Å². The van der Waals surface area contributed by atoms with Gasteiger partial charge in [0.05, 0.1) is 11.6 Å². The van der Waals surface area contributed by atoms with E-state index in [2.05, 4.69) is 30.7 Å². The van der Waals surface area contributed by atoms with Crippen molar-refractivity contribution in [2.24, 2.45) is 0 Å². The monoisotopic (exact) mass is 537 g/mol. The molecule has 0 amide bonds. The van der Waals surface area contributed by atoms with Crippen LogP contribution in [0.15, 0.2) is 48.9 Å². The standard InChI is InChI=1S/C22H16ClF4N7O3/c23-15-8-12(1-2-16(15)24)31-21-30-10-14(19(32-21)34-5-3-17(33-34)22(25,26)27)11-7-13(20(36)37)18(29-9-11)28-4-6-35/h1-3,5,7-10,35H,4,6H2,(H,28,29)(H,36,37)(H,30,31,32). The Balaban J connectivity index is 1.82. The molecule has 0 atom stereocenters. The van der Waals surface area contributed by atoms with Gasteiger partial charge in [-0.05, 0) is 30.3 Å². The number of hydrogen-bond donors (Lipinski definition) is 4. The van der Waals surface area contributed by atoms with Gasteiger partial charge in [0.25, 0.3) is 0 Å². The molecular weight excluding hydrogens is 522 g/mol. The number of rotatable bonds is 8. The molecule has 0 fully saturated rings. The van der Waals surface area contributed by atoms with E-state index in [1.54, 1.807) is 0 Å². The molecule has 4 rings (SSSR count). The minimum atomic E-state index is -4.72. The molecule has 0 radical (unpaired) electrons. The Morgan fingerprint density at radius 2 is 1.92 bits per heavy atom. The van der Waals surface area contributed by atoms with Crippen LogP contribution in [0.25, 0.3) is 16.9 Å². The number of anilines is 3. The second kappa shape index (κ2) is 10.4. The number of aromatic carboxylic acids is 1. The first-order valence-electron chi connectivity index (χ1n) is 10.4. The number of carboxylic acid groups (broad SMARTS) is 1. The van der Waals surface area contributed by atoms with Gasteiger partial charge in [-0.25, -0.2) is 23.8 Å². The lowest BCUT2D eigenvalue weighted by atomic mass is 10.1. The average Bonchev–Trinajstić information content (AvgIpc) is 3.36. The number of carboxylic acids is 1. The molecule has 0 spiro atoms. The molecule has 0 aliphatic heterocycles. The second-order valence-electron chi connectivity index (χ2n) is 7.40. The predicted octanol–water partition coefficient (Wildman–Crippen LogP) is 4.38. The van der Waals surface area contributed by atoms with Crippen molar-refractivity contribution in [3.8, 4) is 16.9 Å². The molecule has 4 aromatic rings. The Labute approximate surface area is 210 Å². The van der Waals surface area contributed by atoms with Gasteiger partial charge in [0.1, 0.15) is 17.2 Å². The Kier molecular flexibility index (Phi) is 7.22. The van der Waals surface area contributed by atoms with E-state index in [4.69, 9.17) is 16.7 Å². The molecule has 15 heteroatoms. The fraction of sp³-hybridized carbons (Fsp3) is 0.136. The summed E-state index contributed by atoms with van der Waals surface area (Å²) >= 11 is 5.79. The Morgan fingerprint density at radius 1 is 1.14 bits per heavy atom. The SMILES string of the molecule is O=C(O)c1cc(-c2cnc(Nc3ccc(F)c(Cl)c3)nc2-n2ccc(C(F)(F)F)n2)cnc1NCCO. The van der Waals surface area contributed by atoms with Crippen molar-refractivity contribution >= 4 is 35.0 Å². The van der Waals surface area contributed by atoms with Gasteiger partial charge in [-0.1, -0.05) is 11.6 Å². The molecule has 37 heavy (non-hydrogen) atoms. The number of nitrogens with zero attached hydrogens (tertiary/aromatic N) is 5. The minimum absolute atomic E-state index is 0.0160. The summed E-state index contributed by atoms with van der Waals surface area (Å²) < 4.78 is 54.0. The van der Waals surface area contributed by atoms with Crippen molar-refractivity contribution in [3.63, 3.8) is 0 Å². The lowest BCUT2D eigenvalue weighted by molar-refractivity contribution is -0.141. The molecule has 0 saturated heterocycles. The molecular formula is C22H16ClF4N7O3. The molecule has 10 nitrogen and oxygen atoms in total. The number of aliphatic hydroxyl groups is 1. The maximum atomic E-state index is 13.5. The number of benzene rings is 1. The first-order chi connectivity index (χ1) is 17.6. The summed E-state index contributed by atoms with van der Waals surface area (Å²) in [6, 6.07) is 5.72. The zero-order valence-corrected chi connectivity index (χ0v) is 19.2. The van der Waals surface area contributed by atoms with Crippen molar-refractivity contribution < 1.29 is 32.6 Å². The van der Waals surface area contributed by atoms with E-state index >= 15 is 0 Å². The van der Waals surface area contributed by atoms with Gasteiger partial charge < -0.3 is 20.8 Å². The summed E-state index contributed by atoms with van der Waals surface area (Å²) in [5.41, 5.74) is -0.845. The normalized spacial score (nSPS) is 11.4. The molecule has 0 unspecified atom stereocenters. The van der Waals surface area contributed by atoms with Crippen LogP contribution in [0.2, 0.25) is 5.02 Å². The van der Waals surface area contributed by atoms with E-state index in [1.165, 1.54) is 30.6 Å². The number of aliphatic hydroxyl groups excluding tert-OH is 1. The molecule has 0 aliphatic carbocycles. The number of carbonyl (C=O) groups is 1. The molecule has 0 saturated carbocycles. The highest BCUT2D eigenvalue weighted by Crippen LogP contribution is 2.31. The zero-order chi connectivity index (χ0) is 26.7. The Morgan fingerprint density at radius 3 is 2.57 bits per heavy atom. The van der Waals surface area contributed by atoms with Crippen LogP contribution >= 0.6 is 11.6 Å². The van der Waals surface area contributed by atoms with E-state index in [9.17, 15) is 27.5 Å². The number of nitrogens with one attached hydrogen (secondary N) is 2. The fourth-order valence-electron chi connectivity index (χ4n) is 3.20. The average molecular weight is 538 g/mol. The zero-order valence-electron chi connectivity index (χ0n) is 18.5. The van der Waals surface area contributed by atoms with Crippen molar-refractivity contribution in [1.82, 2.24) is 24.7 Å². The number of halogens is 5. The highest BCUT2D eigenvalue weighted by molar-refractivity contribution is 6.31. The van der Waals surface area contributed by atoms with Crippen LogP contribution in [-0.4, -0.2) is 54.1 Å². The smallest absolute Gasteiger partial charge is 0.435 e. The van der Waals surface area contributed by atoms with Crippen LogP contribution in [0.4, 0.5) is 35.0 Å².